The molecule has 6 nitrogen and oxygen atoms in total. The second-order valence-corrected chi connectivity index (χ2v) is 7.52. The molecule has 2 fully saturated rings. The SMILES string of the molecule is Cc1ccc2nc(COC(=O)C3CC4CCCC(C3)C4=O)cc(=O)n2c1. The van der Waals surface area contributed by atoms with Crippen LogP contribution in [0.3, 0.4) is 0 Å². The van der Waals surface area contributed by atoms with E-state index in [1.807, 2.05) is 13.0 Å². The van der Waals surface area contributed by atoms with E-state index in [0.29, 0.717) is 30.0 Å². The van der Waals surface area contributed by atoms with Gasteiger partial charge >= 0.3 is 5.97 Å². The van der Waals surface area contributed by atoms with E-state index in [9.17, 15) is 14.4 Å². The Morgan fingerprint density at radius 3 is 2.69 bits per heavy atom. The van der Waals surface area contributed by atoms with Crippen LogP contribution in [0.5, 0.6) is 0 Å². The normalized spacial score (nSPS) is 25.3. The van der Waals surface area contributed by atoms with Gasteiger partial charge in [0.25, 0.3) is 5.56 Å². The van der Waals surface area contributed by atoms with Crippen LogP contribution in [0.1, 0.15) is 43.4 Å². The van der Waals surface area contributed by atoms with Crippen LogP contribution in [0.15, 0.2) is 29.2 Å². The van der Waals surface area contributed by atoms with Crippen molar-refractivity contribution in [2.45, 2.75) is 45.6 Å². The van der Waals surface area contributed by atoms with Gasteiger partial charge < -0.3 is 4.74 Å². The molecule has 2 atom stereocenters. The van der Waals surface area contributed by atoms with Crippen molar-refractivity contribution in [2.75, 3.05) is 0 Å². The van der Waals surface area contributed by atoms with E-state index in [2.05, 4.69) is 4.98 Å². The fourth-order valence-electron chi connectivity index (χ4n) is 4.27. The molecule has 2 unspecified atom stereocenters. The quantitative estimate of drug-likeness (QED) is 0.791. The summed E-state index contributed by atoms with van der Waals surface area (Å²) in [6, 6.07) is 5.06. The van der Waals surface area contributed by atoms with Crippen LogP contribution in [0, 0.1) is 24.7 Å². The summed E-state index contributed by atoms with van der Waals surface area (Å²) >= 11 is 0. The molecule has 0 amide bonds. The van der Waals surface area contributed by atoms with Crippen molar-refractivity contribution in [1.82, 2.24) is 9.38 Å². The number of pyridine rings is 1. The minimum Gasteiger partial charge on any atom is -0.459 e. The Hall–Kier alpha value is -2.50. The molecule has 0 saturated heterocycles. The summed E-state index contributed by atoms with van der Waals surface area (Å²) in [7, 11) is 0. The summed E-state index contributed by atoms with van der Waals surface area (Å²) in [5.41, 5.74) is 1.76. The van der Waals surface area contributed by atoms with Crippen molar-refractivity contribution in [3.8, 4) is 0 Å². The van der Waals surface area contributed by atoms with Crippen LogP contribution in [0.4, 0.5) is 0 Å². The molecule has 0 radical (unpaired) electrons. The highest BCUT2D eigenvalue weighted by Gasteiger charge is 2.41. The molecule has 2 heterocycles. The van der Waals surface area contributed by atoms with E-state index in [1.165, 1.54) is 10.5 Å². The summed E-state index contributed by atoms with van der Waals surface area (Å²) in [5.74, 6) is -0.120. The molecule has 2 aromatic rings. The molecule has 4 rings (SSSR count). The zero-order valence-corrected chi connectivity index (χ0v) is 14.8. The van der Waals surface area contributed by atoms with E-state index >= 15 is 0 Å². The summed E-state index contributed by atoms with van der Waals surface area (Å²) in [6.07, 6.45) is 5.79. The minimum atomic E-state index is -0.277. The van der Waals surface area contributed by atoms with Crippen LogP contribution in [-0.2, 0) is 20.9 Å². The monoisotopic (exact) mass is 354 g/mol. The molecule has 0 aromatic carbocycles. The van der Waals surface area contributed by atoms with Crippen molar-refractivity contribution >= 4 is 17.4 Å². The number of nitrogens with zero attached hydrogens (tertiary/aromatic N) is 2. The highest BCUT2D eigenvalue weighted by Crippen LogP contribution is 2.40. The average Bonchev–Trinajstić information content (AvgIpc) is 2.60. The number of rotatable bonds is 3. The lowest BCUT2D eigenvalue weighted by Crippen LogP contribution is -2.39. The predicted octanol–water partition coefficient (Wildman–Crippen LogP) is 2.44. The first-order valence-corrected chi connectivity index (χ1v) is 9.20. The third-order valence-corrected chi connectivity index (χ3v) is 5.60. The number of ketones is 1. The zero-order chi connectivity index (χ0) is 18.3. The highest BCUT2D eigenvalue weighted by atomic mass is 16.5. The Morgan fingerprint density at radius 2 is 1.96 bits per heavy atom. The molecule has 0 N–H and O–H groups in total. The molecule has 2 aromatic heterocycles. The van der Waals surface area contributed by atoms with Gasteiger partial charge in [-0.3, -0.25) is 18.8 Å². The Bertz CT molecular complexity index is 917. The number of fused-ring (bicyclic) bond motifs is 3. The van der Waals surface area contributed by atoms with Crippen LogP contribution in [0.25, 0.3) is 5.65 Å². The smallest absolute Gasteiger partial charge is 0.309 e. The molecule has 2 saturated carbocycles. The average molecular weight is 354 g/mol. The Morgan fingerprint density at radius 1 is 1.23 bits per heavy atom. The molecule has 136 valence electrons. The van der Waals surface area contributed by atoms with Gasteiger partial charge in [-0.2, -0.15) is 0 Å². The number of carbonyl (C=O) groups is 2. The Labute approximate surface area is 151 Å². The largest absolute Gasteiger partial charge is 0.459 e. The predicted molar refractivity (Wildman–Crippen MR) is 94.6 cm³/mol. The van der Waals surface area contributed by atoms with Gasteiger partial charge in [-0.1, -0.05) is 12.5 Å². The number of aryl methyl sites for hydroxylation is 1. The number of aromatic nitrogens is 2. The minimum absolute atomic E-state index is 0.0156. The van der Waals surface area contributed by atoms with E-state index < -0.39 is 0 Å². The lowest BCUT2D eigenvalue weighted by atomic mass is 9.67. The molecule has 26 heavy (non-hydrogen) atoms. The molecule has 6 heteroatoms. The van der Waals surface area contributed by atoms with Crippen molar-refractivity contribution in [3.63, 3.8) is 0 Å². The van der Waals surface area contributed by atoms with Crippen molar-refractivity contribution in [2.24, 2.45) is 17.8 Å². The molecule has 0 spiro atoms. The summed E-state index contributed by atoms with van der Waals surface area (Å²) in [6.45, 7) is 1.89. The summed E-state index contributed by atoms with van der Waals surface area (Å²) < 4.78 is 6.92. The van der Waals surface area contributed by atoms with Gasteiger partial charge in [-0.25, -0.2) is 4.98 Å². The molecular weight excluding hydrogens is 332 g/mol. The standard InChI is InChI=1S/C20H22N2O4/c1-12-5-6-17-21-16(9-18(23)22(17)10-12)11-26-20(25)15-7-13-3-2-4-14(8-15)19(13)24/h5-6,9-10,13-15H,2-4,7-8,11H2,1H3. The van der Waals surface area contributed by atoms with Crippen molar-refractivity contribution in [1.29, 1.82) is 0 Å². The Kier molecular flexibility index (Phi) is 4.34. The first-order valence-electron chi connectivity index (χ1n) is 9.20. The number of ether oxygens (including phenoxy) is 1. The number of Topliss-reactive ketones (excluding diaryl/α,β-unsaturated/α-hetero) is 1. The van der Waals surface area contributed by atoms with Gasteiger partial charge in [-0.15, -0.1) is 0 Å². The van der Waals surface area contributed by atoms with Gasteiger partial charge in [0.2, 0.25) is 0 Å². The topological polar surface area (TPSA) is 77.7 Å². The molecular formula is C20H22N2O4. The van der Waals surface area contributed by atoms with Gasteiger partial charge in [0.15, 0.2) is 0 Å². The molecule has 2 aliphatic carbocycles. The molecule has 2 bridgehead atoms. The van der Waals surface area contributed by atoms with Crippen molar-refractivity contribution in [3.05, 3.63) is 46.0 Å². The zero-order valence-electron chi connectivity index (χ0n) is 14.8. The summed E-state index contributed by atoms with van der Waals surface area (Å²) in [5, 5.41) is 0. The van der Waals surface area contributed by atoms with Gasteiger partial charge in [0, 0.05) is 24.1 Å². The number of hydrogen-bond donors (Lipinski definition) is 0. The van der Waals surface area contributed by atoms with E-state index in [0.717, 1.165) is 24.8 Å². The fraction of sp³-hybridized carbons (Fsp3) is 0.500. The molecule has 2 aliphatic rings. The lowest BCUT2D eigenvalue weighted by Gasteiger charge is -2.36. The third-order valence-electron chi connectivity index (χ3n) is 5.60. The van der Waals surface area contributed by atoms with Gasteiger partial charge in [0.05, 0.1) is 11.6 Å². The second kappa shape index (κ2) is 6.67. The van der Waals surface area contributed by atoms with Crippen LogP contribution >= 0.6 is 0 Å². The van der Waals surface area contributed by atoms with Gasteiger partial charge in [0.1, 0.15) is 18.0 Å². The van der Waals surface area contributed by atoms with Crippen LogP contribution < -0.4 is 5.56 Å². The maximum absolute atomic E-state index is 12.5. The second-order valence-electron chi connectivity index (χ2n) is 7.52. The van der Waals surface area contributed by atoms with Crippen LogP contribution in [-0.4, -0.2) is 21.1 Å². The third kappa shape index (κ3) is 3.16. The maximum atomic E-state index is 12.5. The van der Waals surface area contributed by atoms with E-state index in [4.69, 9.17) is 4.74 Å². The van der Waals surface area contributed by atoms with E-state index in [-0.39, 0.29) is 35.9 Å². The van der Waals surface area contributed by atoms with Crippen molar-refractivity contribution < 1.29 is 14.3 Å². The maximum Gasteiger partial charge on any atom is 0.309 e. The van der Waals surface area contributed by atoms with Crippen LogP contribution in [0.2, 0.25) is 0 Å². The number of carbonyl (C=O) groups excluding carboxylic acids is 2. The lowest BCUT2D eigenvalue weighted by molar-refractivity contribution is -0.154. The first-order chi connectivity index (χ1) is 12.5. The Balaban J connectivity index is 1.45. The fourth-order valence-corrected chi connectivity index (χ4v) is 4.27. The number of esters is 1. The molecule has 0 aliphatic heterocycles. The first kappa shape index (κ1) is 16.9. The summed E-state index contributed by atoms with van der Waals surface area (Å²) in [4.78, 5) is 41.2. The highest BCUT2D eigenvalue weighted by molar-refractivity contribution is 5.87. The van der Waals surface area contributed by atoms with Gasteiger partial charge in [-0.05, 0) is 44.2 Å². The van der Waals surface area contributed by atoms with E-state index in [1.54, 1.807) is 12.3 Å². The number of hydrogen-bond acceptors (Lipinski definition) is 5.